The Morgan fingerprint density at radius 1 is 1.36 bits per heavy atom. The van der Waals surface area contributed by atoms with Crippen molar-refractivity contribution in [1.82, 2.24) is 5.32 Å². The van der Waals surface area contributed by atoms with Gasteiger partial charge in [-0.1, -0.05) is 44.5 Å². The maximum atomic E-state index is 12.4. The standard InChI is InChI=1S/C21H22ClN3OS2/c1-21(2,3)12-8-9-13-15(11-23)19(28-17(13)10-12)25-20(27)24-18(26)14-6-4-5-7-16(14)22/h4-7,12H,8-10H2,1-3H3,(H2,24,25,26,27)/t12-/m1/s1. The van der Waals surface area contributed by atoms with E-state index in [2.05, 4.69) is 37.5 Å². The quantitative estimate of drug-likeness (QED) is 0.611. The number of hydrogen-bond donors (Lipinski definition) is 2. The number of thiocarbonyl (C=S) groups is 1. The number of benzene rings is 1. The van der Waals surface area contributed by atoms with E-state index >= 15 is 0 Å². The maximum absolute atomic E-state index is 12.4. The van der Waals surface area contributed by atoms with Gasteiger partial charge in [-0.2, -0.15) is 5.26 Å². The van der Waals surface area contributed by atoms with Gasteiger partial charge in [0.1, 0.15) is 11.1 Å². The second kappa shape index (κ2) is 8.20. The van der Waals surface area contributed by atoms with Gasteiger partial charge in [-0.05, 0) is 60.5 Å². The summed E-state index contributed by atoms with van der Waals surface area (Å²) in [6.07, 6.45) is 2.95. The Morgan fingerprint density at radius 2 is 2.07 bits per heavy atom. The number of thiophene rings is 1. The van der Waals surface area contributed by atoms with Crippen molar-refractivity contribution in [3.63, 3.8) is 0 Å². The van der Waals surface area contributed by atoms with Crippen molar-refractivity contribution in [1.29, 1.82) is 5.26 Å². The molecule has 7 heteroatoms. The normalized spacial score (nSPS) is 16.0. The van der Waals surface area contributed by atoms with Crippen LogP contribution in [0.3, 0.4) is 0 Å². The van der Waals surface area contributed by atoms with E-state index in [1.165, 1.54) is 4.88 Å². The van der Waals surface area contributed by atoms with E-state index in [0.29, 0.717) is 27.1 Å². The number of rotatable bonds is 2. The molecule has 4 nitrogen and oxygen atoms in total. The smallest absolute Gasteiger partial charge is 0.258 e. The lowest BCUT2D eigenvalue weighted by atomic mass is 9.72. The highest BCUT2D eigenvalue weighted by molar-refractivity contribution is 7.80. The zero-order valence-corrected chi connectivity index (χ0v) is 18.4. The molecule has 2 aromatic rings. The molecule has 0 radical (unpaired) electrons. The van der Waals surface area contributed by atoms with Crippen LogP contribution < -0.4 is 10.6 Å². The fourth-order valence-electron chi connectivity index (χ4n) is 3.48. The van der Waals surface area contributed by atoms with Crippen molar-refractivity contribution in [3.05, 3.63) is 50.9 Å². The van der Waals surface area contributed by atoms with E-state index in [4.69, 9.17) is 23.8 Å². The zero-order chi connectivity index (χ0) is 20.5. The minimum Gasteiger partial charge on any atom is -0.323 e. The van der Waals surface area contributed by atoms with E-state index < -0.39 is 0 Å². The fraction of sp³-hybridized carbons (Fsp3) is 0.381. The molecule has 1 heterocycles. The molecule has 0 unspecified atom stereocenters. The molecule has 0 bridgehead atoms. The topological polar surface area (TPSA) is 64.9 Å². The first-order valence-corrected chi connectivity index (χ1v) is 10.7. The van der Waals surface area contributed by atoms with Gasteiger partial charge in [0.15, 0.2) is 5.11 Å². The summed E-state index contributed by atoms with van der Waals surface area (Å²) in [5.74, 6) is 0.209. The van der Waals surface area contributed by atoms with Gasteiger partial charge in [0, 0.05) is 4.88 Å². The van der Waals surface area contributed by atoms with Gasteiger partial charge >= 0.3 is 0 Å². The van der Waals surface area contributed by atoms with Crippen molar-refractivity contribution >= 4 is 51.2 Å². The van der Waals surface area contributed by atoms with Gasteiger partial charge in [-0.25, -0.2) is 0 Å². The summed E-state index contributed by atoms with van der Waals surface area (Å²) in [4.78, 5) is 13.6. The largest absolute Gasteiger partial charge is 0.323 e. The molecule has 0 saturated carbocycles. The summed E-state index contributed by atoms with van der Waals surface area (Å²) in [5, 5.41) is 16.6. The molecule has 0 spiro atoms. The zero-order valence-electron chi connectivity index (χ0n) is 16.1. The van der Waals surface area contributed by atoms with Crippen LogP contribution in [0, 0.1) is 22.7 Å². The maximum Gasteiger partial charge on any atom is 0.258 e. The first kappa shape index (κ1) is 20.8. The molecule has 1 atom stereocenters. The average Bonchev–Trinajstić information content (AvgIpc) is 2.97. The molecule has 1 aliphatic rings. The molecular formula is C21H22ClN3OS2. The monoisotopic (exact) mass is 431 g/mol. The number of fused-ring (bicyclic) bond motifs is 1. The van der Waals surface area contributed by atoms with Gasteiger partial charge < -0.3 is 5.32 Å². The predicted octanol–water partition coefficient (Wildman–Crippen LogP) is 5.55. The Bertz CT molecular complexity index is 969. The summed E-state index contributed by atoms with van der Waals surface area (Å²) >= 11 is 12.9. The van der Waals surface area contributed by atoms with Crippen LogP contribution in [-0.4, -0.2) is 11.0 Å². The summed E-state index contributed by atoms with van der Waals surface area (Å²) in [7, 11) is 0. The lowest BCUT2D eigenvalue weighted by Gasteiger charge is -2.33. The Labute approximate surface area is 179 Å². The molecule has 3 rings (SSSR count). The molecule has 1 amide bonds. The molecule has 0 fully saturated rings. The van der Waals surface area contributed by atoms with Crippen molar-refractivity contribution in [2.75, 3.05) is 5.32 Å². The third-order valence-electron chi connectivity index (χ3n) is 5.17. The van der Waals surface area contributed by atoms with Gasteiger partial charge in [0.2, 0.25) is 0 Å². The average molecular weight is 432 g/mol. The van der Waals surface area contributed by atoms with E-state index in [9.17, 15) is 10.1 Å². The summed E-state index contributed by atoms with van der Waals surface area (Å²) < 4.78 is 0. The number of hydrogen-bond acceptors (Lipinski definition) is 4. The summed E-state index contributed by atoms with van der Waals surface area (Å²) in [6.45, 7) is 6.79. The highest BCUT2D eigenvalue weighted by Crippen LogP contribution is 2.43. The fourth-order valence-corrected chi connectivity index (χ4v) is 5.24. The van der Waals surface area contributed by atoms with Crippen molar-refractivity contribution in [3.8, 4) is 6.07 Å². The Kier molecular flexibility index (Phi) is 6.09. The summed E-state index contributed by atoms with van der Waals surface area (Å²) in [6, 6.07) is 9.10. The van der Waals surface area contributed by atoms with E-state index in [1.807, 2.05) is 0 Å². The molecule has 1 aromatic carbocycles. The number of anilines is 1. The predicted molar refractivity (Wildman–Crippen MR) is 119 cm³/mol. The van der Waals surface area contributed by atoms with Crippen molar-refractivity contribution in [2.45, 2.75) is 40.0 Å². The van der Waals surface area contributed by atoms with Crippen LogP contribution in [0.1, 0.15) is 53.6 Å². The van der Waals surface area contributed by atoms with Crippen molar-refractivity contribution in [2.24, 2.45) is 11.3 Å². The van der Waals surface area contributed by atoms with Gasteiger partial charge in [0.25, 0.3) is 5.91 Å². The SMILES string of the molecule is CC(C)(C)[C@@H]1CCc2c(sc(NC(=S)NC(=O)c3ccccc3Cl)c2C#N)C1. The number of nitrogens with one attached hydrogen (secondary N) is 2. The third-order valence-corrected chi connectivity index (χ3v) is 6.88. The van der Waals surface area contributed by atoms with Crippen LogP contribution >= 0.6 is 35.2 Å². The lowest BCUT2D eigenvalue weighted by molar-refractivity contribution is 0.0978. The first-order chi connectivity index (χ1) is 13.2. The number of nitriles is 1. The van der Waals surface area contributed by atoms with E-state index in [1.54, 1.807) is 35.6 Å². The van der Waals surface area contributed by atoms with Gasteiger partial charge in [-0.3, -0.25) is 10.1 Å². The Balaban J connectivity index is 1.75. The number of amides is 1. The third kappa shape index (κ3) is 4.38. The van der Waals surface area contributed by atoms with E-state index in [-0.39, 0.29) is 16.4 Å². The highest BCUT2D eigenvalue weighted by atomic mass is 35.5. The molecule has 0 aliphatic heterocycles. The number of nitrogens with zero attached hydrogens (tertiary/aromatic N) is 1. The molecule has 1 aromatic heterocycles. The van der Waals surface area contributed by atoms with Crippen LogP contribution in [0.4, 0.5) is 5.00 Å². The van der Waals surface area contributed by atoms with E-state index in [0.717, 1.165) is 24.8 Å². The Morgan fingerprint density at radius 3 is 2.71 bits per heavy atom. The lowest BCUT2D eigenvalue weighted by Crippen LogP contribution is -2.34. The molecular weight excluding hydrogens is 410 g/mol. The van der Waals surface area contributed by atoms with Crippen LogP contribution in [0.5, 0.6) is 0 Å². The van der Waals surface area contributed by atoms with Crippen LogP contribution in [-0.2, 0) is 12.8 Å². The molecule has 28 heavy (non-hydrogen) atoms. The molecule has 146 valence electrons. The molecule has 1 aliphatic carbocycles. The van der Waals surface area contributed by atoms with Gasteiger partial charge in [-0.15, -0.1) is 11.3 Å². The highest BCUT2D eigenvalue weighted by Gasteiger charge is 2.32. The minimum absolute atomic E-state index is 0.160. The number of carbonyl (C=O) groups is 1. The van der Waals surface area contributed by atoms with Crippen LogP contribution in [0.2, 0.25) is 5.02 Å². The second-order valence-electron chi connectivity index (χ2n) is 8.01. The van der Waals surface area contributed by atoms with Gasteiger partial charge in [0.05, 0.1) is 16.1 Å². The molecule has 0 saturated heterocycles. The van der Waals surface area contributed by atoms with Crippen molar-refractivity contribution < 1.29 is 4.79 Å². The molecule has 2 N–H and O–H groups in total. The minimum atomic E-state index is -0.379. The van der Waals surface area contributed by atoms with Crippen LogP contribution in [0.15, 0.2) is 24.3 Å². The van der Waals surface area contributed by atoms with Crippen LogP contribution in [0.25, 0.3) is 0 Å². The first-order valence-electron chi connectivity index (χ1n) is 9.12. The summed E-state index contributed by atoms with van der Waals surface area (Å²) in [5.41, 5.74) is 2.35. The second-order valence-corrected chi connectivity index (χ2v) is 9.93. The Hall–Kier alpha value is -1.94. The number of halogens is 1. The number of carbonyl (C=O) groups excluding carboxylic acids is 1.